The first-order chi connectivity index (χ1) is 9.72. The molecule has 2 fully saturated rings. The molecule has 5 nitrogen and oxygen atoms in total. The van der Waals surface area contributed by atoms with Gasteiger partial charge < -0.3 is 9.47 Å². The van der Waals surface area contributed by atoms with E-state index < -0.39 is 0 Å². The summed E-state index contributed by atoms with van der Waals surface area (Å²) in [6.07, 6.45) is 9.44. The Bertz CT molecular complexity index is 493. The maximum Gasteiger partial charge on any atom is 0.290 e. The average molecular weight is 275 g/mol. The summed E-state index contributed by atoms with van der Waals surface area (Å²) in [4.78, 5) is 30.1. The number of ketones is 1. The van der Waals surface area contributed by atoms with Crippen LogP contribution in [0, 0.1) is 11.8 Å². The minimum Gasteiger partial charge on any atom is -0.337 e. The Hall–Kier alpha value is -1.65. The van der Waals surface area contributed by atoms with E-state index in [-0.39, 0.29) is 23.7 Å². The zero-order chi connectivity index (χ0) is 14.1. The van der Waals surface area contributed by atoms with Gasteiger partial charge in [-0.05, 0) is 31.6 Å². The number of hydrogen-bond acceptors (Lipinski definition) is 3. The molecule has 108 valence electrons. The molecular weight excluding hydrogens is 254 g/mol. The van der Waals surface area contributed by atoms with Crippen LogP contribution in [0.5, 0.6) is 0 Å². The Morgan fingerprint density at radius 1 is 1.30 bits per heavy atom. The standard InChI is InChI=1S/C15H21N3O2/c1-2-12-13(11-4-5-11)18(15(20)14(12)19)8-3-7-17-9-6-16-10-17/h6,9-13H,2-5,7-8H2,1H3. The summed E-state index contributed by atoms with van der Waals surface area (Å²) >= 11 is 0. The fourth-order valence-electron chi connectivity index (χ4n) is 3.35. The lowest BCUT2D eigenvalue weighted by atomic mass is 9.93. The minimum atomic E-state index is -0.251. The third-order valence-electron chi connectivity index (χ3n) is 4.50. The fourth-order valence-corrected chi connectivity index (χ4v) is 3.35. The number of rotatable bonds is 6. The number of aromatic nitrogens is 2. The Kier molecular flexibility index (Phi) is 3.59. The maximum atomic E-state index is 12.2. The molecule has 5 heteroatoms. The van der Waals surface area contributed by atoms with Gasteiger partial charge in [0.2, 0.25) is 5.78 Å². The van der Waals surface area contributed by atoms with Crippen LogP contribution in [0.15, 0.2) is 18.7 Å². The molecule has 2 atom stereocenters. The number of nitrogens with zero attached hydrogens (tertiary/aromatic N) is 3. The van der Waals surface area contributed by atoms with E-state index in [2.05, 4.69) is 4.98 Å². The van der Waals surface area contributed by atoms with Crippen LogP contribution in [0.2, 0.25) is 0 Å². The van der Waals surface area contributed by atoms with Crippen LogP contribution in [-0.2, 0) is 16.1 Å². The zero-order valence-electron chi connectivity index (χ0n) is 11.9. The van der Waals surface area contributed by atoms with Gasteiger partial charge in [-0.15, -0.1) is 0 Å². The number of carbonyl (C=O) groups is 2. The van der Waals surface area contributed by atoms with Gasteiger partial charge in [-0.1, -0.05) is 6.92 Å². The number of aryl methyl sites for hydroxylation is 1. The SMILES string of the molecule is CCC1C(=O)C(=O)N(CCCn2ccnc2)C1C1CC1. The van der Waals surface area contributed by atoms with Crippen LogP contribution in [0.25, 0.3) is 0 Å². The summed E-state index contributed by atoms with van der Waals surface area (Å²) in [5.74, 6) is 0.0817. The Morgan fingerprint density at radius 2 is 2.10 bits per heavy atom. The summed E-state index contributed by atoms with van der Waals surface area (Å²) in [5.41, 5.74) is 0. The molecule has 0 aromatic carbocycles. The molecule has 2 aliphatic rings. The van der Waals surface area contributed by atoms with Gasteiger partial charge in [-0.25, -0.2) is 4.98 Å². The highest BCUT2D eigenvalue weighted by Crippen LogP contribution is 2.43. The lowest BCUT2D eigenvalue weighted by Crippen LogP contribution is -2.38. The van der Waals surface area contributed by atoms with Crippen LogP contribution >= 0.6 is 0 Å². The van der Waals surface area contributed by atoms with E-state index in [0.717, 1.165) is 19.4 Å². The summed E-state index contributed by atoms with van der Waals surface area (Å²) in [6, 6.07) is 0.169. The molecule has 1 aromatic rings. The van der Waals surface area contributed by atoms with Crippen molar-refractivity contribution in [2.45, 2.75) is 45.2 Å². The number of hydrogen-bond donors (Lipinski definition) is 0. The van der Waals surface area contributed by atoms with Crippen LogP contribution in [0.3, 0.4) is 0 Å². The van der Waals surface area contributed by atoms with Gasteiger partial charge >= 0.3 is 0 Å². The Labute approximate surface area is 119 Å². The molecule has 2 unspecified atom stereocenters. The van der Waals surface area contributed by atoms with Gasteiger partial charge in [-0.2, -0.15) is 0 Å². The van der Waals surface area contributed by atoms with Crippen molar-refractivity contribution < 1.29 is 9.59 Å². The summed E-state index contributed by atoms with van der Waals surface area (Å²) in [5, 5.41) is 0. The number of imidazole rings is 1. The molecule has 2 heterocycles. The van der Waals surface area contributed by atoms with Gasteiger partial charge in [0.15, 0.2) is 0 Å². The molecule has 1 aliphatic heterocycles. The van der Waals surface area contributed by atoms with Crippen molar-refractivity contribution in [3.8, 4) is 0 Å². The Morgan fingerprint density at radius 3 is 2.70 bits per heavy atom. The lowest BCUT2D eigenvalue weighted by molar-refractivity contribution is -0.141. The van der Waals surface area contributed by atoms with E-state index in [0.29, 0.717) is 12.5 Å². The third-order valence-corrected chi connectivity index (χ3v) is 4.50. The van der Waals surface area contributed by atoms with E-state index in [9.17, 15) is 9.59 Å². The predicted octanol–water partition coefficient (Wildman–Crippen LogP) is 1.49. The van der Waals surface area contributed by atoms with Crippen molar-refractivity contribution >= 4 is 11.7 Å². The van der Waals surface area contributed by atoms with Crippen LogP contribution < -0.4 is 0 Å². The van der Waals surface area contributed by atoms with Gasteiger partial charge in [0.05, 0.1) is 6.33 Å². The van der Waals surface area contributed by atoms with Crippen molar-refractivity contribution in [2.75, 3.05) is 6.54 Å². The average Bonchev–Trinajstić information content (AvgIpc) is 3.10. The molecule has 1 saturated carbocycles. The quantitative estimate of drug-likeness (QED) is 0.739. The van der Waals surface area contributed by atoms with Gasteiger partial charge in [-0.3, -0.25) is 9.59 Å². The molecular formula is C15H21N3O2. The number of carbonyl (C=O) groups excluding carboxylic acids is 2. The monoisotopic (exact) mass is 275 g/mol. The molecule has 1 aliphatic carbocycles. The molecule has 1 aromatic heterocycles. The van der Waals surface area contributed by atoms with E-state index >= 15 is 0 Å². The zero-order valence-corrected chi connectivity index (χ0v) is 11.9. The van der Waals surface area contributed by atoms with Crippen LogP contribution in [0.4, 0.5) is 0 Å². The van der Waals surface area contributed by atoms with Crippen LogP contribution in [0.1, 0.15) is 32.6 Å². The minimum absolute atomic E-state index is 0.0664. The highest BCUT2D eigenvalue weighted by molar-refractivity contribution is 6.39. The first-order valence-electron chi connectivity index (χ1n) is 7.53. The van der Waals surface area contributed by atoms with E-state index in [1.807, 2.05) is 22.6 Å². The molecule has 0 bridgehead atoms. The normalized spacial score (nSPS) is 26.6. The van der Waals surface area contributed by atoms with Gasteiger partial charge in [0.25, 0.3) is 5.91 Å². The highest BCUT2D eigenvalue weighted by atomic mass is 16.2. The molecule has 1 saturated heterocycles. The van der Waals surface area contributed by atoms with Crippen LogP contribution in [-0.4, -0.2) is 38.7 Å². The van der Waals surface area contributed by atoms with Gasteiger partial charge in [0.1, 0.15) is 0 Å². The first-order valence-corrected chi connectivity index (χ1v) is 7.53. The third kappa shape index (κ3) is 2.37. The second-order valence-electron chi connectivity index (χ2n) is 5.86. The molecule has 0 N–H and O–H groups in total. The van der Waals surface area contributed by atoms with E-state index in [1.54, 1.807) is 12.5 Å². The molecule has 0 spiro atoms. The summed E-state index contributed by atoms with van der Waals surface area (Å²) in [7, 11) is 0. The summed E-state index contributed by atoms with van der Waals surface area (Å²) < 4.78 is 2.01. The highest BCUT2D eigenvalue weighted by Gasteiger charge is 2.51. The molecule has 3 rings (SSSR count). The molecule has 20 heavy (non-hydrogen) atoms. The van der Waals surface area contributed by atoms with Crippen molar-refractivity contribution in [1.29, 1.82) is 0 Å². The second kappa shape index (κ2) is 5.38. The van der Waals surface area contributed by atoms with E-state index in [1.165, 1.54) is 12.8 Å². The smallest absolute Gasteiger partial charge is 0.290 e. The van der Waals surface area contributed by atoms with Gasteiger partial charge in [0, 0.05) is 37.4 Å². The van der Waals surface area contributed by atoms with Crippen molar-refractivity contribution in [3.63, 3.8) is 0 Å². The van der Waals surface area contributed by atoms with Crippen molar-refractivity contribution in [2.24, 2.45) is 11.8 Å². The van der Waals surface area contributed by atoms with E-state index in [4.69, 9.17) is 0 Å². The van der Waals surface area contributed by atoms with Crippen molar-refractivity contribution in [1.82, 2.24) is 14.5 Å². The van der Waals surface area contributed by atoms with Crippen molar-refractivity contribution in [3.05, 3.63) is 18.7 Å². The predicted molar refractivity (Wildman–Crippen MR) is 73.9 cm³/mol. The number of likely N-dealkylation sites (tertiary alicyclic amines) is 1. The topological polar surface area (TPSA) is 55.2 Å². The largest absolute Gasteiger partial charge is 0.337 e. The number of Topliss-reactive ketones (excluding diaryl/α,β-unsaturated/α-hetero) is 1. The maximum absolute atomic E-state index is 12.2. The first kappa shape index (κ1) is 13.3. The Balaban J connectivity index is 1.63. The molecule has 0 radical (unpaired) electrons. The summed E-state index contributed by atoms with van der Waals surface area (Å²) in [6.45, 7) is 3.53. The number of amides is 1. The lowest BCUT2D eigenvalue weighted by Gasteiger charge is -2.26. The fraction of sp³-hybridized carbons (Fsp3) is 0.667. The molecule has 1 amide bonds. The second-order valence-corrected chi connectivity index (χ2v) is 5.86.